The number of nitrogens with two attached hydrogens (primary N) is 3. The van der Waals surface area contributed by atoms with Crippen LogP contribution in [0.3, 0.4) is 0 Å². The number of carbonyl (C=O) groups is 2. The summed E-state index contributed by atoms with van der Waals surface area (Å²) in [5, 5.41) is 0. The van der Waals surface area contributed by atoms with E-state index in [4.69, 9.17) is 17.3 Å². The van der Waals surface area contributed by atoms with Gasteiger partial charge in [-0.15, -0.1) is 0 Å². The number of amides is 2. The zero-order valence-corrected chi connectivity index (χ0v) is 5.33. The first-order valence-corrected chi connectivity index (χ1v) is 2.62. The van der Waals surface area contributed by atoms with Crippen LogP contribution in [0.1, 0.15) is 6.42 Å². The highest BCUT2D eigenvalue weighted by Crippen LogP contribution is 1.84. The molecule has 6 heteroatoms. The number of primary amides is 1. The van der Waals surface area contributed by atoms with Crippen LogP contribution in [0, 0.1) is 0 Å². The van der Waals surface area contributed by atoms with Crippen molar-refractivity contribution in [3.05, 3.63) is 0 Å². The number of hydrogen-bond acceptors (Lipinski definition) is 4. The molecule has 0 aromatic heterocycles. The summed E-state index contributed by atoms with van der Waals surface area (Å²) in [6.07, 6.45) is -0.175. The molecule has 0 aromatic carbocycles. The minimum absolute atomic E-state index is 0.175. The third-order valence-corrected chi connectivity index (χ3v) is 0.932. The summed E-state index contributed by atoms with van der Waals surface area (Å²) in [5.41, 5.74) is 11.7. The van der Waals surface area contributed by atoms with Crippen LogP contribution in [0.25, 0.3) is 0 Å². The molecular weight excluding hydrogens is 136 g/mol. The van der Waals surface area contributed by atoms with Gasteiger partial charge in [0.15, 0.2) is 0 Å². The molecule has 7 N–H and O–H groups in total. The second-order valence-corrected chi connectivity index (χ2v) is 1.78. The summed E-state index contributed by atoms with van der Waals surface area (Å²) >= 11 is 0. The lowest BCUT2D eigenvalue weighted by molar-refractivity contribution is -0.126. The van der Waals surface area contributed by atoms with Crippen LogP contribution < -0.4 is 22.7 Å². The molecule has 0 bridgehead atoms. The van der Waals surface area contributed by atoms with Crippen molar-refractivity contribution in [3.8, 4) is 0 Å². The van der Waals surface area contributed by atoms with E-state index in [0.29, 0.717) is 0 Å². The van der Waals surface area contributed by atoms with Gasteiger partial charge in [0.2, 0.25) is 11.8 Å². The molecule has 0 saturated heterocycles. The molecule has 1 unspecified atom stereocenters. The maximum atomic E-state index is 10.4. The first-order valence-electron chi connectivity index (χ1n) is 2.62. The minimum Gasteiger partial charge on any atom is -0.368 e. The van der Waals surface area contributed by atoms with Gasteiger partial charge in [0.1, 0.15) is 0 Å². The smallest absolute Gasteiger partial charge is 0.235 e. The topological polar surface area (TPSA) is 124 Å². The summed E-state index contributed by atoms with van der Waals surface area (Å²) in [6, 6.07) is -0.955. The quantitative estimate of drug-likeness (QED) is 0.195. The van der Waals surface area contributed by atoms with Gasteiger partial charge in [0.25, 0.3) is 0 Å². The Bertz CT molecular complexity index is 146. The highest BCUT2D eigenvalue weighted by Gasteiger charge is 2.12. The van der Waals surface area contributed by atoms with Crippen LogP contribution in [-0.2, 0) is 9.59 Å². The fourth-order valence-electron chi connectivity index (χ4n) is 0.359. The monoisotopic (exact) mass is 146 g/mol. The van der Waals surface area contributed by atoms with Gasteiger partial charge in [0.05, 0.1) is 12.5 Å². The van der Waals surface area contributed by atoms with Gasteiger partial charge in [-0.3, -0.25) is 15.0 Å². The highest BCUT2D eigenvalue weighted by atomic mass is 16.2. The highest BCUT2D eigenvalue weighted by molar-refractivity contribution is 5.86. The summed E-state index contributed by atoms with van der Waals surface area (Å²) in [4.78, 5) is 20.6. The van der Waals surface area contributed by atoms with E-state index in [1.807, 2.05) is 5.43 Å². The fourth-order valence-corrected chi connectivity index (χ4v) is 0.359. The Morgan fingerprint density at radius 3 is 2.30 bits per heavy atom. The van der Waals surface area contributed by atoms with Crippen LogP contribution >= 0.6 is 0 Å². The van der Waals surface area contributed by atoms with E-state index >= 15 is 0 Å². The zero-order chi connectivity index (χ0) is 8.15. The molecule has 2 amide bonds. The van der Waals surface area contributed by atoms with Crippen LogP contribution in [0.15, 0.2) is 0 Å². The van der Waals surface area contributed by atoms with Gasteiger partial charge in [0, 0.05) is 0 Å². The normalized spacial score (nSPS) is 12.2. The van der Waals surface area contributed by atoms with Crippen molar-refractivity contribution in [2.45, 2.75) is 12.5 Å². The number of hydrogen-bond donors (Lipinski definition) is 4. The van der Waals surface area contributed by atoms with Crippen molar-refractivity contribution in [1.82, 2.24) is 5.43 Å². The lowest BCUT2D eigenvalue weighted by Crippen LogP contribution is -2.42. The maximum Gasteiger partial charge on any atom is 0.235 e. The van der Waals surface area contributed by atoms with E-state index < -0.39 is 17.9 Å². The van der Waals surface area contributed by atoms with E-state index in [0.717, 1.165) is 0 Å². The van der Waals surface area contributed by atoms with Crippen molar-refractivity contribution >= 4 is 11.8 Å². The Morgan fingerprint density at radius 2 is 2.00 bits per heavy atom. The van der Waals surface area contributed by atoms with E-state index in [-0.39, 0.29) is 6.42 Å². The molecule has 0 spiro atoms. The Balaban J connectivity index is 3.68. The molecule has 0 aromatic rings. The van der Waals surface area contributed by atoms with Crippen LogP contribution in [0.2, 0.25) is 0 Å². The molecule has 58 valence electrons. The summed E-state index contributed by atoms with van der Waals surface area (Å²) in [6.45, 7) is 0. The predicted molar refractivity (Wildman–Crippen MR) is 34.1 cm³/mol. The second kappa shape index (κ2) is 3.80. The summed E-state index contributed by atoms with van der Waals surface area (Å²) in [5.74, 6) is 3.49. The number of carbonyl (C=O) groups excluding carboxylic acids is 2. The molecule has 0 rings (SSSR count). The summed E-state index contributed by atoms with van der Waals surface area (Å²) < 4.78 is 0. The molecular formula is C4H10N4O2. The lowest BCUT2D eigenvalue weighted by Gasteiger charge is -2.03. The molecule has 0 saturated carbocycles. The third-order valence-electron chi connectivity index (χ3n) is 0.932. The lowest BCUT2D eigenvalue weighted by atomic mass is 10.2. The zero-order valence-electron chi connectivity index (χ0n) is 5.33. The van der Waals surface area contributed by atoms with Gasteiger partial charge in [-0.05, 0) is 0 Å². The van der Waals surface area contributed by atoms with Crippen molar-refractivity contribution in [2.24, 2.45) is 17.3 Å². The Hall–Kier alpha value is -1.14. The summed E-state index contributed by atoms with van der Waals surface area (Å²) in [7, 11) is 0. The second-order valence-electron chi connectivity index (χ2n) is 1.78. The van der Waals surface area contributed by atoms with E-state index in [1.165, 1.54) is 0 Å². The van der Waals surface area contributed by atoms with Crippen LogP contribution in [0.5, 0.6) is 0 Å². The van der Waals surface area contributed by atoms with Gasteiger partial charge >= 0.3 is 0 Å². The number of nitrogens with one attached hydrogen (secondary N) is 1. The van der Waals surface area contributed by atoms with E-state index in [1.54, 1.807) is 0 Å². The average molecular weight is 146 g/mol. The molecule has 0 aliphatic heterocycles. The number of hydrazine groups is 1. The van der Waals surface area contributed by atoms with Crippen LogP contribution in [-0.4, -0.2) is 17.9 Å². The van der Waals surface area contributed by atoms with Crippen molar-refractivity contribution in [1.29, 1.82) is 0 Å². The molecule has 1 atom stereocenters. The molecule has 0 aliphatic rings. The number of rotatable bonds is 3. The molecule has 6 nitrogen and oxygen atoms in total. The first-order chi connectivity index (χ1) is 4.57. The SMILES string of the molecule is NNC(=O)CC(N)C(N)=O. The molecule has 0 heterocycles. The standard InChI is InChI=1S/C4H10N4O2/c5-2(4(6)10)1-3(9)8-7/h2H,1,5,7H2,(H2,6,10)(H,8,9). The van der Waals surface area contributed by atoms with Gasteiger partial charge in [-0.25, -0.2) is 5.84 Å². The fraction of sp³-hybridized carbons (Fsp3) is 0.500. The largest absolute Gasteiger partial charge is 0.368 e. The van der Waals surface area contributed by atoms with Gasteiger partial charge in [-0.1, -0.05) is 0 Å². The molecule has 0 aliphatic carbocycles. The van der Waals surface area contributed by atoms with Crippen molar-refractivity contribution in [2.75, 3.05) is 0 Å². The van der Waals surface area contributed by atoms with Crippen molar-refractivity contribution in [3.63, 3.8) is 0 Å². The molecule has 0 fully saturated rings. The molecule has 0 radical (unpaired) electrons. The van der Waals surface area contributed by atoms with E-state index in [9.17, 15) is 9.59 Å². The Labute approximate surface area is 57.7 Å². The van der Waals surface area contributed by atoms with Crippen molar-refractivity contribution < 1.29 is 9.59 Å². The van der Waals surface area contributed by atoms with Gasteiger partial charge in [-0.2, -0.15) is 0 Å². The maximum absolute atomic E-state index is 10.4. The predicted octanol–water partition coefficient (Wildman–Crippen LogP) is -2.82. The minimum atomic E-state index is -0.955. The first kappa shape index (κ1) is 8.86. The Morgan fingerprint density at radius 1 is 1.50 bits per heavy atom. The Kier molecular flexibility index (Phi) is 3.37. The van der Waals surface area contributed by atoms with Crippen LogP contribution in [0.4, 0.5) is 0 Å². The molecule has 10 heavy (non-hydrogen) atoms. The van der Waals surface area contributed by atoms with Gasteiger partial charge < -0.3 is 11.5 Å². The third kappa shape index (κ3) is 3.00. The average Bonchev–Trinajstić information content (AvgIpc) is 1.87. The van der Waals surface area contributed by atoms with E-state index in [2.05, 4.69) is 0 Å².